The highest BCUT2D eigenvalue weighted by molar-refractivity contribution is 6.03. The molecule has 0 aromatic heterocycles. The van der Waals surface area contributed by atoms with Crippen LogP contribution in [0.5, 0.6) is 11.5 Å². The molecule has 3 aromatic carbocycles. The molecule has 0 saturated heterocycles. The largest absolute Gasteiger partial charge is 0.489 e. The Morgan fingerprint density at radius 1 is 1.00 bits per heavy atom. The first-order chi connectivity index (χ1) is 29.0. The number of carbonyl (C=O) groups is 1. The minimum Gasteiger partial charge on any atom is -0.489 e. The van der Waals surface area contributed by atoms with Crippen LogP contribution in [-0.2, 0) is 27.5 Å². The van der Waals surface area contributed by atoms with Crippen LogP contribution in [0.3, 0.4) is 0 Å². The number of benzene rings is 3. The summed E-state index contributed by atoms with van der Waals surface area (Å²) in [7, 11) is 0. The Kier molecular flexibility index (Phi) is 13.8. The van der Waals surface area contributed by atoms with E-state index in [1.54, 1.807) is 36.4 Å². The molecule has 1 heterocycles. The van der Waals surface area contributed by atoms with Gasteiger partial charge in [-0.25, -0.2) is 8.78 Å². The zero-order valence-electron chi connectivity index (χ0n) is 35.2. The number of aliphatic hydroxyl groups excluding tert-OH is 2. The van der Waals surface area contributed by atoms with Gasteiger partial charge in [-0.1, -0.05) is 60.5 Å². The highest BCUT2D eigenvalue weighted by Crippen LogP contribution is 2.62. The third-order valence-electron chi connectivity index (χ3n) is 12.3. The summed E-state index contributed by atoms with van der Waals surface area (Å²) in [6.45, 7) is 10.4. The summed E-state index contributed by atoms with van der Waals surface area (Å²) in [4.78, 5) is 22.8. The van der Waals surface area contributed by atoms with Gasteiger partial charge in [0, 0.05) is 49.1 Å². The molecule has 2 saturated carbocycles. The zero-order valence-corrected chi connectivity index (χ0v) is 35.2. The van der Waals surface area contributed by atoms with Gasteiger partial charge in [0.1, 0.15) is 41.4 Å². The second-order valence-electron chi connectivity index (χ2n) is 17.7. The molecule has 11 heteroatoms. The number of halogens is 2. The molecule has 3 aromatic rings. The summed E-state index contributed by atoms with van der Waals surface area (Å²) in [5, 5.41) is 24.8. The minimum absolute atomic E-state index is 0.0190. The zero-order chi connectivity index (χ0) is 42.4. The van der Waals surface area contributed by atoms with Gasteiger partial charge in [-0.3, -0.25) is 4.79 Å². The van der Waals surface area contributed by atoms with Crippen LogP contribution in [0.1, 0.15) is 101 Å². The van der Waals surface area contributed by atoms with Gasteiger partial charge in [0.2, 0.25) is 11.7 Å². The first kappa shape index (κ1) is 43.5. The number of fused-ring (bicyclic) bond motifs is 2. The fourth-order valence-electron chi connectivity index (χ4n) is 9.40. The van der Waals surface area contributed by atoms with Gasteiger partial charge in [-0.15, -0.1) is 6.58 Å². The third kappa shape index (κ3) is 9.64. The minimum atomic E-state index is -1.43. The van der Waals surface area contributed by atoms with Crippen molar-refractivity contribution in [1.29, 1.82) is 0 Å². The van der Waals surface area contributed by atoms with Crippen LogP contribution in [0.25, 0.3) is 0 Å². The van der Waals surface area contributed by atoms with Crippen LogP contribution in [-0.4, -0.2) is 64.0 Å². The Morgan fingerprint density at radius 3 is 2.42 bits per heavy atom. The number of hydrogen-bond acceptors (Lipinski definition) is 8. The maximum Gasteiger partial charge on any atom is 0.239 e. The van der Waals surface area contributed by atoms with Gasteiger partial charge >= 0.3 is 0 Å². The fraction of sp³-hybridized carbons (Fsp3) is 0.510. The van der Waals surface area contributed by atoms with E-state index in [0.29, 0.717) is 35.6 Å². The van der Waals surface area contributed by atoms with Crippen molar-refractivity contribution in [3.05, 3.63) is 119 Å². The number of ether oxygens (including phenoxy) is 3. The summed E-state index contributed by atoms with van der Waals surface area (Å²) in [6, 6.07) is 17.8. The van der Waals surface area contributed by atoms with Gasteiger partial charge in [0.25, 0.3) is 0 Å². The lowest BCUT2D eigenvalue weighted by atomic mass is 9.55. The maximum atomic E-state index is 14.7. The molecule has 4 aliphatic rings. The van der Waals surface area contributed by atoms with Gasteiger partial charge in [-0.2, -0.15) is 0 Å². The van der Waals surface area contributed by atoms with Crippen molar-refractivity contribution < 1.29 is 42.8 Å². The van der Waals surface area contributed by atoms with E-state index in [1.165, 1.54) is 18.2 Å². The van der Waals surface area contributed by atoms with Crippen LogP contribution in [0.4, 0.5) is 8.78 Å². The molecule has 0 radical (unpaired) electrons. The van der Waals surface area contributed by atoms with E-state index in [4.69, 9.17) is 24.2 Å². The Bertz CT molecular complexity index is 2030. The standard InChI is InChI=1S/C49H60F2N2O7/c1-5-26-58-49-44(53(47(56)33-18-19-33)30-32-16-20-36(50)21-17-32)29-42(52-60-48(2,3)4)39-27-34(12-8-10-24-54)38(14-9-11-25-55)45(46(39)49)40-28-37(22-23-43(40)59-49)57-31-35-13-6-7-15-41(35)51/h5-7,13,15-17,20-23,27-28,33-34,38,44-46,54-55H,1,8-12,14,18-19,24-26,29-31H2,2-4H3/t34-,38+,44-,45+,46+,49+/m0/s1. The topological polar surface area (TPSA) is 110 Å². The van der Waals surface area contributed by atoms with E-state index < -0.39 is 23.3 Å². The lowest BCUT2D eigenvalue weighted by molar-refractivity contribution is -0.258. The number of amides is 1. The average molecular weight is 827 g/mol. The molecule has 9 nitrogen and oxygen atoms in total. The Hall–Kier alpha value is -4.58. The number of allylic oxidation sites excluding steroid dienone is 1. The molecule has 0 unspecified atom stereocenters. The SMILES string of the molecule is C=CCO[C@@]12Oc3ccc(OCc4ccccc4F)cc3[C@H]3[C@H](CCCCO)[C@@H](CCCCO)C=C(C(=NOC(C)(C)C)C[C@@H]1N(Cc1ccc(F)cc1)C(=O)C1CC1)[C@H]32. The molecule has 0 bridgehead atoms. The second kappa shape index (κ2) is 19.0. The predicted octanol–water partition coefficient (Wildman–Crippen LogP) is 9.41. The number of carbonyl (C=O) groups excluding carboxylic acids is 1. The fourth-order valence-corrected chi connectivity index (χ4v) is 9.40. The number of unbranched alkanes of at least 4 members (excludes halogenated alkanes) is 2. The Labute approximate surface area is 353 Å². The van der Waals surface area contributed by atoms with E-state index in [9.17, 15) is 23.8 Å². The van der Waals surface area contributed by atoms with Gasteiger partial charge in [0.05, 0.1) is 18.2 Å². The average Bonchev–Trinajstić information content (AvgIpc) is 4.09. The van der Waals surface area contributed by atoms with E-state index in [1.807, 2.05) is 43.9 Å². The summed E-state index contributed by atoms with van der Waals surface area (Å²) >= 11 is 0. The van der Waals surface area contributed by atoms with Crippen LogP contribution in [0, 0.1) is 35.3 Å². The highest BCUT2D eigenvalue weighted by atomic mass is 19.1. The molecule has 60 heavy (non-hydrogen) atoms. The summed E-state index contributed by atoms with van der Waals surface area (Å²) in [5.41, 5.74) is 3.14. The molecule has 7 rings (SSSR count). The maximum absolute atomic E-state index is 14.7. The lowest BCUT2D eigenvalue weighted by Crippen LogP contribution is -2.70. The first-order valence-corrected chi connectivity index (χ1v) is 21.6. The Morgan fingerprint density at radius 2 is 1.73 bits per heavy atom. The van der Waals surface area contributed by atoms with Gasteiger partial charge in [0.15, 0.2) is 0 Å². The molecule has 0 spiro atoms. The predicted molar refractivity (Wildman–Crippen MR) is 226 cm³/mol. The molecule has 2 fully saturated rings. The van der Waals surface area contributed by atoms with E-state index >= 15 is 0 Å². The van der Waals surface area contributed by atoms with Crippen LogP contribution < -0.4 is 9.47 Å². The Balaban J connectivity index is 1.44. The van der Waals surface area contributed by atoms with Crippen molar-refractivity contribution in [2.24, 2.45) is 28.8 Å². The van der Waals surface area contributed by atoms with Gasteiger partial charge < -0.3 is 34.2 Å². The second-order valence-corrected chi connectivity index (χ2v) is 17.7. The number of oxime groups is 1. The summed E-state index contributed by atoms with van der Waals surface area (Å²) in [5.74, 6) is -1.82. The van der Waals surface area contributed by atoms with E-state index in [-0.39, 0.29) is 80.6 Å². The van der Waals surface area contributed by atoms with Crippen molar-refractivity contribution in [2.45, 2.75) is 115 Å². The van der Waals surface area contributed by atoms with Crippen LogP contribution in [0.2, 0.25) is 0 Å². The number of rotatable bonds is 19. The monoisotopic (exact) mass is 826 g/mol. The smallest absolute Gasteiger partial charge is 0.239 e. The first-order valence-electron chi connectivity index (χ1n) is 21.6. The lowest BCUT2D eigenvalue weighted by Gasteiger charge is -2.60. The summed E-state index contributed by atoms with van der Waals surface area (Å²) < 4.78 is 49.7. The van der Waals surface area contributed by atoms with E-state index in [2.05, 4.69) is 12.7 Å². The number of nitrogens with zero attached hydrogens (tertiary/aromatic N) is 2. The molecule has 1 amide bonds. The molecule has 1 aliphatic heterocycles. The van der Waals surface area contributed by atoms with Crippen molar-refractivity contribution >= 4 is 11.6 Å². The molecule has 3 aliphatic carbocycles. The summed E-state index contributed by atoms with van der Waals surface area (Å²) in [6.07, 6.45) is 10.3. The van der Waals surface area contributed by atoms with Crippen LogP contribution >= 0.6 is 0 Å². The molecular weight excluding hydrogens is 767 g/mol. The molecule has 6 atom stereocenters. The molecular formula is C49H60F2N2O7. The normalized spacial score (nSPS) is 25.1. The van der Waals surface area contributed by atoms with E-state index in [0.717, 1.165) is 55.2 Å². The number of aliphatic hydroxyl groups is 2. The molecule has 2 N–H and O–H groups in total. The molecule has 322 valence electrons. The van der Waals surface area contributed by atoms with Crippen molar-refractivity contribution in [3.63, 3.8) is 0 Å². The number of hydrogen-bond donors (Lipinski definition) is 2. The van der Waals surface area contributed by atoms with Crippen LogP contribution in [0.15, 0.2) is 96.2 Å². The third-order valence-corrected chi connectivity index (χ3v) is 12.3. The quantitative estimate of drug-likeness (QED) is 0.0705. The van der Waals surface area contributed by atoms with Crippen molar-refractivity contribution in [3.8, 4) is 11.5 Å². The van der Waals surface area contributed by atoms with Gasteiger partial charge in [-0.05, 0) is 119 Å². The highest BCUT2D eigenvalue weighted by Gasteiger charge is 2.66. The van der Waals surface area contributed by atoms with Crippen molar-refractivity contribution in [2.75, 3.05) is 19.8 Å². The van der Waals surface area contributed by atoms with Crippen molar-refractivity contribution in [1.82, 2.24) is 4.90 Å².